The number of carbonyl (C=O) groups excluding carboxylic acids is 2. The number of aliphatic hydroxyl groups excluding tert-OH is 1. The largest absolute Gasteiger partial charge is 0.497 e. The molecule has 52 heavy (non-hydrogen) atoms. The van der Waals surface area contributed by atoms with E-state index in [1.165, 1.54) is 0 Å². The topological polar surface area (TPSA) is 139 Å². The molecule has 1 fully saturated rings. The van der Waals surface area contributed by atoms with Crippen molar-refractivity contribution in [2.75, 3.05) is 17.3 Å². The number of ether oxygens (including phenoxy) is 2. The Kier molecular flexibility index (Phi) is 9.43. The zero-order chi connectivity index (χ0) is 36.6. The van der Waals surface area contributed by atoms with Crippen LogP contribution in [0.25, 0.3) is 0 Å². The summed E-state index contributed by atoms with van der Waals surface area (Å²) >= 11 is 0. The molecule has 2 aliphatic heterocycles. The second-order valence-corrected chi connectivity index (χ2v) is 14.2. The Bertz CT molecular complexity index is 2060. The second-order valence-electron chi connectivity index (χ2n) is 14.2. The molecule has 0 bridgehead atoms. The van der Waals surface area contributed by atoms with Crippen molar-refractivity contribution in [1.29, 1.82) is 0 Å². The van der Waals surface area contributed by atoms with Gasteiger partial charge in [0.05, 0.1) is 37.2 Å². The molecule has 11 nitrogen and oxygen atoms in total. The second kappa shape index (κ2) is 14.0. The fourth-order valence-corrected chi connectivity index (χ4v) is 7.95. The van der Waals surface area contributed by atoms with Crippen LogP contribution in [0.4, 0.5) is 11.4 Å². The lowest BCUT2D eigenvalue weighted by molar-refractivity contribution is -0.146. The van der Waals surface area contributed by atoms with E-state index in [1.807, 2.05) is 85.8 Å². The van der Waals surface area contributed by atoms with Gasteiger partial charge in [-0.05, 0) is 73.9 Å². The number of rotatable bonds is 11. The molecule has 3 N–H and O–H groups in total. The highest BCUT2D eigenvalue weighted by Crippen LogP contribution is 2.58. The molecule has 0 unspecified atom stereocenters. The predicted octanol–water partition coefficient (Wildman–Crippen LogP) is 5.88. The van der Waals surface area contributed by atoms with Gasteiger partial charge in [0.1, 0.15) is 17.5 Å². The molecule has 2 amide bonds. The van der Waals surface area contributed by atoms with Crippen LogP contribution in [0.1, 0.15) is 66.0 Å². The smallest absolute Gasteiger partial charge is 0.264 e. The number of anilines is 2. The van der Waals surface area contributed by atoms with Crippen LogP contribution < -0.4 is 15.0 Å². The van der Waals surface area contributed by atoms with Gasteiger partial charge in [-0.25, -0.2) is 0 Å². The number of aromatic nitrogens is 3. The summed E-state index contributed by atoms with van der Waals surface area (Å²) in [4.78, 5) is 29.5. The van der Waals surface area contributed by atoms with E-state index < -0.39 is 23.4 Å². The third-order valence-electron chi connectivity index (χ3n) is 10.4. The molecule has 1 aromatic heterocycles. The van der Waals surface area contributed by atoms with Crippen LogP contribution in [0.5, 0.6) is 5.75 Å². The Morgan fingerprint density at radius 1 is 1.02 bits per heavy atom. The molecule has 0 radical (unpaired) electrons. The van der Waals surface area contributed by atoms with E-state index in [0.29, 0.717) is 35.7 Å². The minimum atomic E-state index is -1.32. The number of amides is 2. The van der Waals surface area contributed by atoms with Crippen molar-refractivity contribution in [3.8, 4) is 5.75 Å². The molecule has 11 heteroatoms. The zero-order valence-corrected chi connectivity index (χ0v) is 29.6. The number of benzene rings is 4. The summed E-state index contributed by atoms with van der Waals surface area (Å²) in [6.45, 7) is 6.18. The number of nitrogens with one attached hydrogen (secondary N) is 1. The maximum Gasteiger partial charge on any atom is 0.264 e. The normalized spacial score (nSPS) is 21.7. The van der Waals surface area contributed by atoms with E-state index in [4.69, 9.17) is 9.47 Å². The molecule has 1 saturated heterocycles. The summed E-state index contributed by atoms with van der Waals surface area (Å²) in [5.74, 6) is -0.555. The molecule has 268 valence electrons. The van der Waals surface area contributed by atoms with E-state index >= 15 is 0 Å². The molecule has 0 aliphatic carbocycles. The monoisotopic (exact) mass is 701 g/mol. The maximum atomic E-state index is 14.8. The highest BCUT2D eigenvalue weighted by atomic mass is 16.5. The van der Waals surface area contributed by atoms with Crippen molar-refractivity contribution < 1.29 is 29.3 Å². The van der Waals surface area contributed by atoms with Crippen molar-refractivity contribution in [2.45, 2.75) is 63.7 Å². The van der Waals surface area contributed by atoms with Gasteiger partial charge in [-0.15, -0.1) is 5.10 Å². The van der Waals surface area contributed by atoms with Crippen LogP contribution in [0.3, 0.4) is 0 Å². The number of nitrogens with zero attached hydrogens (tertiary/aromatic N) is 4. The third kappa shape index (κ3) is 6.47. The first-order chi connectivity index (χ1) is 25.0. The number of hydrogen-bond acceptors (Lipinski definition) is 8. The lowest BCUT2D eigenvalue weighted by Crippen LogP contribution is -2.46. The van der Waals surface area contributed by atoms with Gasteiger partial charge in [-0.1, -0.05) is 72.8 Å². The number of fused-ring (bicyclic) bond motifs is 2. The van der Waals surface area contributed by atoms with Crippen molar-refractivity contribution >= 4 is 23.2 Å². The van der Waals surface area contributed by atoms with E-state index in [9.17, 15) is 19.8 Å². The fraction of sp³-hybridized carbons (Fsp3) is 0.317. The zero-order valence-electron chi connectivity index (χ0n) is 29.6. The number of hydrogen-bond donors (Lipinski definition) is 3. The minimum Gasteiger partial charge on any atom is -0.497 e. The summed E-state index contributed by atoms with van der Waals surface area (Å²) in [6, 6.07) is 31.3. The van der Waals surface area contributed by atoms with E-state index in [-0.39, 0.29) is 30.2 Å². The van der Waals surface area contributed by atoms with Gasteiger partial charge in [0.2, 0.25) is 0 Å². The summed E-state index contributed by atoms with van der Waals surface area (Å²) in [5.41, 5.74) is 2.12. The summed E-state index contributed by atoms with van der Waals surface area (Å²) < 4.78 is 13.8. The molecule has 1 spiro atoms. The Morgan fingerprint density at radius 3 is 2.48 bits per heavy atom. The molecule has 2 aliphatic rings. The van der Waals surface area contributed by atoms with Crippen LogP contribution in [-0.2, 0) is 28.2 Å². The SMILES string of the molecule is COc1ccc(C(=O)Nc2cccc(CN3C(=O)[C@]4(O[C@H](CCn5cc([C@H](O)c6ccccc6)nn5)[C@@H](C(C)(C)O)[C@@H]4C)c4ccccc43)c2)cc1. The molecule has 3 heterocycles. The van der Waals surface area contributed by atoms with Gasteiger partial charge < -0.3 is 29.9 Å². The van der Waals surface area contributed by atoms with Crippen LogP contribution in [0.2, 0.25) is 0 Å². The number of para-hydroxylation sites is 1. The Morgan fingerprint density at radius 2 is 1.75 bits per heavy atom. The summed E-state index contributed by atoms with van der Waals surface area (Å²) in [7, 11) is 1.58. The van der Waals surface area contributed by atoms with E-state index in [1.54, 1.807) is 61.0 Å². The van der Waals surface area contributed by atoms with Gasteiger partial charge in [-0.3, -0.25) is 14.3 Å². The molecule has 4 aromatic carbocycles. The molecule has 7 rings (SSSR count). The number of methoxy groups -OCH3 is 1. The molecular formula is C41H43N5O6. The Labute approximate surface area is 302 Å². The molecule has 5 atom stereocenters. The quantitative estimate of drug-likeness (QED) is 0.155. The van der Waals surface area contributed by atoms with E-state index in [0.717, 1.165) is 22.4 Å². The Hall–Kier alpha value is -5.36. The van der Waals surface area contributed by atoms with Gasteiger partial charge >= 0.3 is 0 Å². The van der Waals surface area contributed by atoms with E-state index in [2.05, 4.69) is 15.6 Å². The van der Waals surface area contributed by atoms with Crippen LogP contribution in [0, 0.1) is 11.8 Å². The van der Waals surface area contributed by atoms with Gasteiger partial charge in [0, 0.05) is 35.2 Å². The van der Waals surface area contributed by atoms with Crippen molar-refractivity contribution in [2.24, 2.45) is 11.8 Å². The fourth-order valence-electron chi connectivity index (χ4n) is 7.95. The highest BCUT2D eigenvalue weighted by Gasteiger charge is 2.65. The highest BCUT2D eigenvalue weighted by molar-refractivity contribution is 6.07. The van der Waals surface area contributed by atoms with Crippen molar-refractivity contribution in [1.82, 2.24) is 15.0 Å². The van der Waals surface area contributed by atoms with Gasteiger partial charge in [0.25, 0.3) is 11.8 Å². The average Bonchev–Trinajstić information content (AvgIpc) is 3.81. The van der Waals surface area contributed by atoms with Crippen LogP contribution in [-0.4, -0.2) is 55.8 Å². The minimum absolute atomic E-state index is 0.195. The number of aliphatic hydroxyl groups is 2. The molecule has 5 aromatic rings. The third-order valence-corrected chi connectivity index (χ3v) is 10.4. The predicted molar refractivity (Wildman–Crippen MR) is 196 cm³/mol. The van der Waals surface area contributed by atoms with Gasteiger partial charge in [-0.2, -0.15) is 0 Å². The van der Waals surface area contributed by atoms with Gasteiger partial charge in [0.15, 0.2) is 5.60 Å². The summed E-state index contributed by atoms with van der Waals surface area (Å²) in [5, 5.41) is 33.8. The van der Waals surface area contributed by atoms with Crippen molar-refractivity contribution in [3.05, 3.63) is 137 Å². The average molecular weight is 702 g/mol. The number of carbonyl (C=O) groups is 2. The van der Waals surface area contributed by atoms with Crippen LogP contribution in [0.15, 0.2) is 109 Å². The lowest BCUT2D eigenvalue weighted by atomic mass is 9.71. The lowest BCUT2D eigenvalue weighted by Gasteiger charge is -2.34. The standard InChI is InChI=1S/C41H43N5O6/c1-26-36(40(2,3)50)35(21-22-45-25-33(43-44-45)37(47)28-12-6-5-7-13-28)52-41(26)32-15-8-9-16-34(32)46(39(41)49)24-27-11-10-14-30(23-27)42-38(48)29-17-19-31(51-4)20-18-29/h5-20,23,25-26,35-37,47,50H,21-22,24H2,1-4H3,(H,42,48)/t26-,35+,36-,37+,41+/m0/s1. The first kappa shape index (κ1) is 35.1. The number of aryl methyl sites for hydroxylation is 1. The van der Waals surface area contributed by atoms with Crippen molar-refractivity contribution in [3.63, 3.8) is 0 Å². The maximum absolute atomic E-state index is 14.8. The first-order valence-electron chi connectivity index (χ1n) is 17.5. The Balaban J connectivity index is 1.11. The first-order valence-corrected chi connectivity index (χ1v) is 17.5. The molecule has 0 saturated carbocycles. The van der Waals surface area contributed by atoms with Crippen LogP contribution >= 0.6 is 0 Å². The summed E-state index contributed by atoms with van der Waals surface area (Å²) in [6.07, 6.45) is 0.774. The molecular weight excluding hydrogens is 658 g/mol.